The fourth-order valence-electron chi connectivity index (χ4n) is 2.86. The first kappa shape index (κ1) is 22.7. The van der Waals surface area contributed by atoms with Crippen LogP contribution in [-0.4, -0.2) is 18.0 Å². The van der Waals surface area contributed by atoms with Crippen LogP contribution in [0.1, 0.15) is 37.3 Å². The van der Waals surface area contributed by atoms with Gasteiger partial charge in [0.05, 0.1) is 0 Å². The summed E-state index contributed by atoms with van der Waals surface area (Å²) in [5, 5.41) is 0. The number of rotatable bonds is 10. The van der Waals surface area contributed by atoms with Crippen molar-refractivity contribution in [2.45, 2.75) is 44.0 Å². The Labute approximate surface area is 166 Å². The molecule has 0 aliphatic heterocycles. The van der Waals surface area contributed by atoms with Crippen molar-refractivity contribution in [1.82, 2.24) is 0 Å². The minimum atomic E-state index is -5.45. The summed E-state index contributed by atoms with van der Waals surface area (Å²) in [7, 11) is -10.4. The second-order valence-electron chi connectivity index (χ2n) is 6.55. The summed E-state index contributed by atoms with van der Waals surface area (Å²) in [6, 6.07) is 14.9. The number of ether oxygens (including phenoxy) is 1. The predicted molar refractivity (Wildman–Crippen MR) is 102 cm³/mol. The quantitative estimate of drug-likeness (QED) is 0.452. The van der Waals surface area contributed by atoms with Crippen LogP contribution < -0.4 is 19.4 Å². The Balaban J connectivity index is 1.97. The number of hydrogen-bond acceptors (Lipinski definition) is 6. The summed E-state index contributed by atoms with van der Waals surface area (Å²) in [6.45, 7) is 2.11. The van der Waals surface area contributed by atoms with Crippen LogP contribution in [0.5, 0.6) is 11.5 Å². The topological polar surface area (TPSA) is 133 Å². The van der Waals surface area contributed by atoms with E-state index in [-0.39, 0.29) is 6.42 Å². The molecule has 0 saturated heterocycles. The molecule has 0 amide bonds. The van der Waals surface area contributed by atoms with Crippen molar-refractivity contribution < 1.29 is 32.4 Å². The zero-order chi connectivity index (χ0) is 20.8. The Morgan fingerprint density at radius 1 is 1.00 bits per heavy atom. The molecule has 0 radical (unpaired) electrons. The molecule has 2 aromatic carbocycles. The summed E-state index contributed by atoms with van der Waals surface area (Å²) in [5.74, 6) is 1.27. The highest BCUT2D eigenvalue weighted by molar-refractivity contribution is 7.94. The van der Waals surface area contributed by atoms with E-state index in [4.69, 9.17) is 9.29 Å². The SMILES string of the molecule is CCCc1ccc(Oc2cccc(CCCC([P+]([O-])([O-])[O-])S(=O)(=O)O)c2)cc1. The lowest BCUT2D eigenvalue weighted by molar-refractivity contribution is -0.428. The molecule has 0 aromatic heterocycles. The second kappa shape index (κ2) is 9.78. The molecule has 0 bridgehead atoms. The zero-order valence-corrected chi connectivity index (χ0v) is 17.2. The van der Waals surface area contributed by atoms with Crippen molar-refractivity contribution in [2.24, 2.45) is 0 Å². The van der Waals surface area contributed by atoms with Gasteiger partial charge in [0.25, 0.3) is 0 Å². The average molecular weight is 426 g/mol. The molecule has 9 heteroatoms. The van der Waals surface area contributed by atoms with Crippen LogP contribution in [-0.2, 0) is 23.0 Å². The van der Waals surface area contributed by atoms with Crippen LogP contribution in [0.4, 0.5) is 0 Å². The number of aryl methyl sites for hydroxylation is 2. The van der Waals surface area contributed by atoms with E-state index in [1.165, 1.54) is 5.56 Å². The van der Waals surface area contributed by atoms with Crippen molar-refractivity contribution in [3.05, 3.63) is 59.7 Å². The predicted octanol–water partition coefficient (Wildman–Crippen LogP) is 1.81. The standard InChI is InChI=1S/C19H25O7PS/c1-2-5-15-10-12-17(13-11-15)26-18-8-3-6-16(14-18)7-4-9-19(27(20,21)22)28(23,24)25/h3,6,8,10-14,19H,2,4-5,7,9H2,1H3,(H2,20,21,22)(H,23,24,25)/p-2. The highest BCUT2D eigenvalue weighted by Gasteiger charge is 2.30. The van der Waals surface area contributed by atoms with Gasteiger partial charge in [-0.15, -0.1) is 7.94 Å². The highest BCUT2D eigenvalue weighted by Crippen LogP contribution is 2.41. The van der Waals surface area contributed by atoms with E-state index < -0.39 is 29.5 Å². The molecule has 1 unspecified atom stereocenters. The largest absolute Gasteiger partial charge is 0.687 e. The molecule has 1 N–H and O–H groups in total. The molecule has 0 aliphatic rings. The summed E-state index contributed by atoms with van der Waals surface area (Å²) < 4.78 is 37.0. The molecule has 0 fully saturated rings. The molecule has 0 spiro atoms. The summed E-state index contributed by atoms with van der Waals surface area (Å²) in [5.41, 5.74) is 2.02. The van der Waals surface area contributed by atoms with Gasteiger partial charge >= 0.3 is 10.1 Å². The lowest BCUT2D eigenvalue weighted by atomic mass is 10.1. The van der Waals surface area contributed by atoms with Gasteiger partial charge in [-0.25, -0.2) is 0 Å². The van der Waals surface area contributed by atoms with Gasteiger partial charge < -0.3 is 19.4 Å². The van der Waals surface area contributed by atoms with Gasteiger partial charge in [-0.2, -0.15) is 8.42 Å². The van der Waals surface area contributed by atoms with Gasteiger partial charge in [-0.1, -0.05) is 37.6 Å². The third-order valence-electron chi connectivity index (χ3n) is 4.21. The van der Waals surface area contributed by atoms with Gasteiger partial charge in [0.1, 0.15) is 11.5 Å². The van der Waals surface area contributed by atoms with Crippen LogP contribution in [0.2, 0.25) is 0 Å². The molecule has 154 valence electrons. The Hall–Kier alpha value is -1.54. The lowest BCUT2D eigenvalue weighted by Gasteiger charge is -2.46. The fourth-order valence-corrected chi connectivity index (χ4v) is 5.13. The van der Waals surface area contributed by atoms with E-state index >= 15 is 0 Å². The van der Waals surface area contributed by atoms with Crippen molar-refractivity contribution in [3.63, 3.8) is 0 Å². The van der Waals surface area contributed by atoms with Crippen LogP contribution in [0, 0.1) is 0 Å². The lowest BCUT2D eigenvalue weighted by Crippen LogP contribution is -2.44. The molecule has 2 aromatic rings. The van der Waals surface area contributed by atoms with E-state index in [2.05, 4.69) is 6.92 Å². The maximum Gasteiger partial charge on any atom is 0.301 e. The number of benzene rings is 2. The molecule has 1 atom stereocenters. The first-order valence-electron chi connectivity index (χ1n) is 8.93. The van der Waals surface area contributed by atoms with Crippen molar-refractivity contribution in [1.29, 1.82) is 0 Å². The van der Waals surface area contributed by atoms with Crippen molar-refractivity contribution in [3.8, 4) is 11.5 Å². The van der Waals surface area contributed by atoms with Gasteiger partial charge in [0.2, 0.25) is 0 Å². The first-order chi connectivity index (χ1) is 13.1. The minimum absolute atomic E-state index is 0.105. The molecule has 0 aliphatic carbocycles. The van der Waals surface area contributed by atoms with Crippen molar-refractivity contribution >= 4 is 18.1 Å². The molecule has 0 heterocycles. The first-order valence-corrected chi connectivity index (χ1v) is 12.0. The van der Waals surface area contributed by atoms with E-state index in [0.29, 0.717) is 17.9 Å². The normalized spacial score (nSPS) is 13.3. The Kier molecular flexibility index (Phi) is 7.95. The van der Waals surface area contributed by atoms with Gasteiger partial charge in [-0.3, -0.25) is 4.55 Å². The van der Waals surface area contributed by atoms with Crippen LogP contribution in [0.25, 0.3) is 0 Å². The van der Waals surface area contributed by atoms with E-state index in [9.17, 15) is 23.1 Å². The fraction of sp³-hybridized carbons (Fsp3) is 0.368. The van der Waals surface area contributed by atoms with Crippen LogP contribution >= 0.6 is 7.94 Å². The van der Waals surface area contributed by atoms with E-state index in [1.54, 1.807) is 24.3 Å². The summed E-state index contributed by atoms with van der Waals surface area (Å²) in [6.07, 6.45) is 2.04. The van der Waals surface area contributed by atoms with Gasteiger partial charge in [0, 0.05) is 6.42 Å². The minimum Gasteiger partial charge on any atom is -0.687 e. The third kappa shape index (κ3) is 7.13. The maximum atomic E-state index is 11.1. The average Bonchev–Trinajstić information content (AvgIpc) is 2.59. The van der Waals surface area contributed by atoms with Gasteiger partial charge in [-0.05, 0) is 54.7 Å². The molecular weight excluding hydrogens is 403 g/mol. The molecule has 7 nitrogen and oxygen atoms in total. The van der Waals surface area contributed by atoms with Crippen LogP contribution in [0.3, 0.4) is 0 Å². The Morgan fingerprint density at radius 2 is 1.68 bits per heavy atom. The summed E-state index contributed by atoms with van der Waals surface area (Å²) in [4.78, 5) is 30.8. The monoisotopic (exact) mass is 426 g/mol. The number of hydrogen-bond donors (Lipinski definition) is 1. The maximum absolute atomic E-state index is 11.1. The zero-order valence-electron chi connectivity index (χ0n) is 15.5. The Bertz CT molecular complexity index is 861. The third-order valence-corrected chi connectivity index (χ3v) is 7.67. The smallest absolute Gasteiger partial charge is 0.301 e. The molecule has 2 rings (SSSR count). The van der Waals surface area contributed by atoms with E-state index in [1.807, 2.05) is 24.3 Å². The molecule has 28 heavy (non-hydrogen) atoms. The summed E-state index contributed by atoms with van der Waals surface area (Å²) >= 11 is 0. The molecular formula is C19H23O7PS-2. The van der Waals surface area contributed by atoms with E-state index in [0.717, 1.165) is 18.4 Å². The van der Waals surface area contributed by atoms with Gasteiger partial charge in [0.15, 0.2) is 4.99 Å². The molecule has 0 saturated carbocycles. The Morgan fingerprint density at radius 3 is 2.25 bits per heavy atom. The highest BCUT2D eigenvalue weighted by atomic mass is 32.2. The van der Waals surface area contributed by atoms with Crippen molar-refractivity contribution in [2.75, 3.05) is 0 Å². The van der Waals surface area contributed by atoms with Crippen LogP contribution in [0.15, 0.2) is 48.5 Å². The second-order valence-corrected chi connectivity index (χ2v) is 10.2.